The zero-order valence-electron chi connectivity index (χ0n) is 21.8. The van der Waals surface area contributed by atoms with Crippen LogP contribution in [0.5, 0.6) is 0 Å². The summed E-state index contributed by atoms with van der Waals surface area (Å²) in [5, 5.41) is 9.39. The van der Waals surface area contributed by atoms with E-state index in [1.54, 1.807) is 16.9 Å². The first-order chi connectivity index (χ1) is 19.8. The van der Waals surface area contributed by atoms with E-state index in [9.17, 15) is 13.2 Å². The van der Waals surface area contributed by atoms with Crippen LogP contribution in [-0.4, -0.2) is 51.4 Å². The Morgan fingerprint density at radius 1 is 1.02 bits per heavy atom. The molecule has 2 fully saturated rings. The molecule has 0 aliphatic carbocycles. The summed E-state index contributed by atoms with van der Waals surface area (Å²) < 4.78 is 62.5. The van der Waals surface area contributed by atoms with E-state index in [2.05, 4.69) is 10.3 Å². The molecule has 2 unspecified atom stereocenters. The van der Waals surface area contributed by atoms with Gasteiger partial charge in [-0.3, -0.25) is 0 Å². The van der Waals surface area contributed by atoms with E-state index < -0.39 is 46.8 Å². The third-order valence-corrected chi connectivity index (χ3v) is 11.0. The van der Waals surface area contributed by atoms with Gasteiger partial charge in [0.25, 0.3) is 0 Å². The van der Waals surface area contributed by atoms with Gasteiger partial charge >= 0.3 is 0 Å². The molecule has 1 aromatic heterocycles. The molecule has 4 aromatic rings. The molecule has 12 heteroatoms. The van der Waals surface area contributed by atoms with E-state index in [0.717, 1.165) is 22.6 Å². The quantitative estimate of drug-likeness (QED) is 0.182. The second kappa shape index (κ2) is 11.9. The summed E-state index contributed by atoms with van der Waals surface area (Å²) in [6.45, 7) is 2.78. The van der Waals surface area contributed by atoms with Crippen LogP contribution in [0.4, 0.5) is 13.2 Å². The van der Waals surface area contributed by atoms with E-state index in [4.69, 9.17) is 37.4 Å². The van der Waals surface area contributed by atoms with E-state index in [-0.39, 0.29) is 22.6 Å². The minimum Gasteiger partial charge on any atom is -0.375 e. The van der Waals surface area contributed by atoms with Crippen LogP contribution >= 0.6 is 34.1 Å². The molecule has 6 atom stereocenters. The molecule has 6 rings (SSSR count). The Balaban J connectivity index is 1.41. The third kappa shape index (κ3) is 5.61. The highest BCUT2D eigenvalue weighted by Gasteiger charge is 2.50. The maximum atomic E-state index is 14.0. The van der Waals surface area contributed by atoms with Crippen molar-refractivity contribution >= 4 is 34.1 Å². The molecule has 3 aromatic carbocycles. The maximum Gasteiger partial charge on any atom is 0.194 e. The average molecular weight is 625 g/mol. The molecule has 6 nitrogen and oxygen atoms in total. The first kappa shape index (κ1) is 28.5. The lowest BCUT2D eigenvalue weighted by molar-refractivity contribution is -0.234. The molecule has 0 saturated carbocycles. The number of thiol groups is 1. The van der Waals surface area contributed by atoms with Gasteiger partial charge in [-0.2, -0.15) is 0 Å². The summed E-state index contributed by atoms with van der Waals surface area (Å²) in [7, 11) is -0.878. The lowest BCUT2D eigenvalue weighted by atomic mass is 10.00. The molecule has 0 spiro atoms. The number of benzene rings is 3. The molecule has 2 saturated heterocycles. The fourth-order valence-corrected chi connectivity index (χ4v) is 8.84. The summed E-state index contributed by atoms with van der Waals surface area (Å²) in [5.74, 6) is -3.48. The molecule has 41 heavy (non-hydrogen) atoms. The van der Waals surface area contributed by atoms with E-state index >= 15 is 0 Å². The number of rotatable bonds is 6. The normalized spacial score (nSPS) is 27.0. The highest BCUT2D eigenvalue weighted by atomic mass is 35.5. The van der Waals surface area contributed by atoms with Gasteiger partial charge in [0.2, 0.25) is 0 Å². The van der Waals surface area contributed by atoms with Crippen molar-refractivity contribution in [3.8, 4) is 11.3 Å². The number of hydrogen-bond acceptors (Lipinski definition) is 5. The van der Waals surface area contributed by atoms with Crippen molar-refractivity contribution in [1.29, 1.82) is 0 Å². The summed E-state index contributed by atoms with van der Waals surface area (Å²) in [6, 6.07) is 16.7. The number of ether oxygens (including phenoxy) is 3. The summed E-state index contributed by atoms with van der Waals surface area (Å²) in [4.78, 5) is 1.05. The SMILES string of the molecule is CCO[C@H]1C[SH](c2ccc(Cl)c(Cl)c2)[C@@H]2COC(c3ccccc3)O[C@@H]2[C@H]1n1cc(-c2cc(F)c(F)c(F)c2)nn1. The van der Waals surface area contributed by atoms with Crippen molar-refractivity contribution in [2.75, 3.05) is 19.0 Å². The second-order valence-electron chi connectivity index (χ2n) is 9.82. The minimum absolute atomic E-state index is 0.0581. The van der Waals surface area contributed by atoms with Crippen molar-refractivity contribution < 1.29 is 27.4 Å². The molecular weight excluding hydrogens is 598 g/mol. The van der Waals surface area contributed by atoms with Gasteiger partial charge in [-0.1, -0.05) is 58.7 Å². The molecule has 3 heterocycles. The van der Waals surface area contributed by atoms with Gasteiger partial charge < -0.3 is 14.2 Å². The second-order valence-corrected chi connectivity index (χ2v) is 13.1. The van der Waals surface area contributed by atoms with Crippen LogP contribution in [0.15, 0.2) is 71.8 Å². The zero-order valence-corrected chi connectivity index (χ0v) is 24.2. The third-order valence-electron chi connectivity index (χ3n) is 7.36. The average Bonchev–Trinajstić information content (AvgIpc) is 3.47. The first-order valence-corrected chi connectivity index (χ1v) is 15.4. The van der Waals surface area contributed by atoms with Crippen LogP contribution in [0, 0.1) is 17.5 Å². The van der Waals surface area contributed by atoms with Crippen molar-refractivity contribution in [2.24, 2.45) is 0 Å². The number of nitrogens with zero attached hydrogens (tertiary/aromatic N) is 3. The van der Waals surface area contributed by atoms with Crippen LogP contribution in [0.1, 0.15) is 24.8 Å². The predicted octanol–water partition coefficient (Wildman–Crippen LogP) is 7.17. The highest BCUT2D eigenvalue weighted by Crippen LogP contribution is 2.54. The fraction of sp³-hybridized carbons (Fsp3) is 0.310. The van der Waals surface area contributed by atoms with Crippen LogP contribution < -0.4 is 0 Å². The molecule has 0 N–H and O–H groups in total. The maximum absolute atomic E-state index is 14.0. The Hall–Kier alpha value is -2.60. The Labute approximate surface area is 247 Å². The van der Waals surface area contributed by atoms with Gasteiger partial charge in [0.1, 0.15) is 11.7 Å². The molecule has 2 aliphatic rings. The predicted molar refractivity (Wildman–Crippen MR) is 152 cm³/mol. The Morgan fingerprint density at radius 3 is 2.49 bits per heavy atom. The van der Waals surface area contributed by atoms with E-state index in [0.29, 0.717) is 29.0 Å². The molecule has 0 amide bonds. The minimum atomic E-state index is -1.54. The van der Waals surface area contributed by atoms with Crippen molar-refractivity contribution in [1.82, 2.24) is 15.0 Å². The standard InChI is InChI=1S/C29H26Cl2F3N3O3S/c1-2-38-24-15-41(18-8-9-19(30)20(31)12-18)25-14-39-29(16-6-4-3-5-7-16)40-28(25)27(24)37-13-23(35-36-37)17-10-21(32)26(34)22(33)11-17/h3-13,24-25,27-29,41H,2,14-15H2,1H3/t24-,25+,27-,28-,29?/m0/s1. The van der Waals surface area contributed by atoms with Gasteiger partial charge in [-0.05, 0) is 42.2 Å². The zero-order chi connectivity index (χ0) is 28.7. The first-order valence-electron chi connectivity index (χ1n) is 13.1. The molecular formula is C29H26Cl2F3N3O3S. The summed E-state index contributed by atoms with van der Waals surface area (Å²) in [5.41, 5.74) is 1.14. The molecule has 0 bridgehead atoms. The van der Waals surface area contributed by atoms with Gasteiger partial charge in [0.05, 0.1) is 35.1 Å². The van der Waals surface area contributed by atoms with Crippen molar-refractivity contribution in [3.05, 3.63) is 99.9 Å². The van der Waals surface area contributed by atoms with Crippen molar-refractivity contribution in [3.63, 3.8) is 0 Å². The van der Waals surface area contributed by atoms with Gasteiger partial charge in [0, 0.05) is 28.7 Å². The van der Waals surface area contributed by atoms with Crippen LogP contribution in [0.3, 0.4) is 0 Å². The lowest BCUT2D eigenvalue weighted by Gasteiger charge is -2.51. The topological polar surface area (TPSA) is 58.4 Å². The molecule has 216 valence electrons. The largest absolute Gasteiger partial charge is 0.375 e. The van der Waals surface area contributed by atoms with Crippen LogP contribution in [-0.2, 0) is 14.2 Å². The number of fused-ring (bicyclic) bond motifs is 1. The molecule has 0 radical (unpaired) electrons. The summed E-state index contributed by atoms with van der Waals surface area (Å²) in [6.07, 6.45) is 0.209. The number of halogens is 5. The Bertz CT molecular complexity index is 1520. The van der Waals surface area contributed by atoms with Crippen LogP contribution in [0.25, 0.3) is 11.3 Å². The van der Waals surface area contributed by atoms with E-state index in [1.807, 2.05) is 49.4 Å². The highest BCUT2D eigenvalue weighted by molar-refractivity contribution is 8.17. The van der Waals surface area contributed by atoms with Crippen LogP contribution in [0.2, 0.25) is 10.0 Å². The Morgan fingerprint density at radius 2 is 1.78 bits per heavy atom. The summed E-state index contributed by atoms with van der Waals surface area (Å²) >= 11 is 12.6. The van der Waals surface area contributed by atoms with Crippen molar-refractivity contribution in [2.45, 2.75) is 41.6 Å². The monoisotopic (exact) mass is 623 g/mol. The van der Waals surface area contributed by atoms with Gasteiger partial charge in [-0.15, -0.1) is 5.10 Å². The molecule has 2 aliphatic heterocycles. The number of hydrogen-bond donors (Lipinski definition) is 1. The fourth-order valence-electron chi connectivity index (χ4n) is 5.47. The van der Waals surface area contributed by atoms with E-state index in [1.165, 1.54) is 0 Å². The number of aromatic nitrogens is 3. The smallest absolute Gasteiger partial charge is 0.194 e. The Kier molecular flexibility index (Phi) is 8.31. The lowest BCUT2D eigenvalue weighted by Crippen LogP contribution is -2.54. The van der Waals surface area contributed by atoms with Gasteiger partial charge in [-0.25, -0.2) is 28.7 Å². The van der Waals surface area contributed by atoms with Gasteiger partial charge in [0.15, 0.2) is 23.7 Å².